The summed E-state index contributed by atoms with van der Waals surface area (Å²) in [7, 11) is 1.63. The fourth-order valence-corrected chi connectivity index (χ4v) is 8.19. The largest absolute Gasteiger partial charge is 0.496 e. The first-order chi connectivity index (χ1) is 23.7. The van der Waals surface area contributed by atoms with Crippen molar-refractivity contribution in [3.8, 4) is 5.75 Å². The maximum absolute atomic E-state index is 14.8. The van der Waals surface area contributed by atoms with Gasteiger partial charge in [-0.3, -0.25) is 14.2 Å². The van der Waals surface area contributed by atoms with E-state index in [2.05, 4.69) is 23.6 Å². The number of ether oxygens (including phenoxy) is 1. The number of allylic oxidation sites excluding steroid dienone is 1. The maximum atomic E-state index is 14.8. The van der Waals surface area contributed by atoms with Gasteiger partial charge in [-0.1, -0.05) is 83.6 Å². The van der Waals surface area contributed by atoms with Crippen LogP contribution in [-0.4, -0.2) is 40.1 Å². The van der Waals surface area contributed by atoms with Gasteiger partial charge in [0, 0.05) is 52.4 Å². The molecule has 7 rings (SSSR count). The van der Waals surface area contributed by atoms with Crippen LogP contribution in [0, 0.1) is 6.92 Å². The number of nitrogens with zero attached hydrogens (tertiary/aromatic N) is 4. The molecule has 0 N–H and O–H groups in total. The van der Waals surface area contributed by atoms with Crippen LogP contribution in [-0.2, 0) is 11.3 Å². The van der Waals surface area contributed by atoms with Crippen LogP contribution in [0.1, 0.15) is 49.2 Å². The Morgan fingerprint density at radius 1 is 0.959 bits per heavy atom. The van der Waals surface area contributed by atoms with Gasteiger partial charge in [0.2, 0.25) is 0 Å². The zero-order chi connectivity index (χ0) is 34.4. The molecule has 0 saturated heterocycles. The molecular weight excluding hydrogens is 652 g/mol. The van der Waals surface area contributed by atoms with Gasteiger partial charge in [0.1, 0.15) is 11.8 Å². The van der Waals surface area contributed by atoms with Crippen LogP contribution in [0.3, 0.4) is 0 Å². The molecule has 1 aliphatic rings. The van der Waals surface area contributed by atoms with Gasteiger partial charge in [-0.25, -0.2) is 4.99 Å². The highest BCUT2D eigenvalue weighted by Crippen LogP contribution is 2.40. The topological polar surface area (TPSA) is 68.8 Å². The SMILES string of the molecule is CCN(CC)C(=O)C1=C(C)N=c2s/c(=C/c3c(C)n(Cc4ccc(Cl)cc4)c4ccccc34)c(=O)n2[C@@H]1c1c(OC)ccc2ccccc12. The second-order valence-electron chi connectivity index (χ2n) is 12.2. The lowest BCUT2D eigenvalue weighted by atomic mass is 9.90. The van der Waals surface area contributed by atoms with E-state index in [-0.39, 0.29) is 11.5 Å². The van der Waals surface area contributed by atoms with Crippen molar-refractivity contribution in [1.29, 1.82) is 0 Å². The molecule has 0 spiro atoms. The summed E-state index contributed by atoms with van der Waals surface area (Å²) in [4.78, 5) is 36.3. The third kappa shape index (κ3) is 5.59. The van der Waals surface area contributed by atoms with Crippen molar-refractivity contribution in [2.45, 2.75) is 40.3 Å². The van der Waals surface area contributed by atoms with Crippen LogP contribution in [0.2, 0.25) is 5.02 Å². The summed E-state index contributed by atoms with van der Waals surface area (Å²) in [6, 6.07) is 27.4. The van der Waals surface area contributed by atoms with Gasteiger partial charge < -0.3 is 14.2 Å². The molecule has 9 heteroatoms. The molecule has 0 radical (unpaired) electrons. The van der Waals surface area contributed by atoms with Gasteiger partial charge in [0.25, 0.3) is 11.5 Å². The summed E-state index contributed by atoms with van der Waals surface area (Å²) >= 11 is 7.52. The summed E-state index contributed by atoms with van der Waals surface area (Å²) in [6.07, 6.45) is 1.99. The molecule has 2 aromatic heterocycles. The van der Waals surface area contributed by atoms with Crippen molar-refractivity contribution >= 4 is 56.6 Å². The minimum atomic E-state index is -0.736. The van der Waals surface area contributed by atoms with Crippen LogP contribution in [0.25, 0.3) is 27.8 Å². The number of rotatable bonds is 8. The highest BCUT2D eigenvalue weighted by atomic mass is 35.5. The molecule has 0 fully saturated rings. The van der Waals surface area contributed by atoms with E-state index in [1.165, 1.54) is 11.3 Å². The lowest BCUT2D eigenvalue weighted by molar-refractivity contribution is -0.127. The molecule has 6 aromatic rings. The van der Waals surface area contributed by atoms with Crippen molar-refractivity contribution < 1.29 is 9.53 Å². The summed E-state index contributed by atoms with van der Waals surface area (Å²) in [5.41, 5.74) is 5.88. The predicted octanol–water partition coefficient (Wildman–Crippen LogP) is 7.23. The standard InChI is InChI=1S/C40H37ClN4O3S/c1-6-43(7-2)39(47)35-24(3)42-40-45(37(35)36-29-13-9-8-12-27(29)18-21-33(36)48-5)38(46)34(49-40)22-31-25(4)44(32-15-11-10-14-30(31)32)23-26-16-19-28(41)20-17-26/h8-22,37H,6-7,23H2,1-5H3/b34-22+/t37-/m0/s1. The Bertz CT molecular complexity index is 2470. The number of fused-ring (bicyclic) bond motifs is 3. The third-order valence-corrected chi connectivity index (χ3v) is 10.8. The van der Waals surface area contributed by atoms with E-state index in [0.717, 1.165) is 44.1 Å². The van der Waals surface area contributed by atoms with E-state index in [0.29, 0.717) is 51.0 Å². The van der Waals surface area contributed by atoms with Gasteiger partial charge in [-0.15, -0.1) is 0 Å². The number of thiazole rings is 1. The van der Waals surface area contributed by atoms with Gasteiger partial charge in [0.05, 0.1) is 22.9 Å². The van der Waals surface area contributed by atoms with Crippen LogP contribution in [0.15, 0.2) is 106 Å². The second-order valence-corrected chi connectivity index (χ2v) is 13.6. The van der Waals surface area contributed by atoms with Gasteiger partial charge in [0.15, 0.2) is 4.80 Å². The fraction of sp³-hybridized carbons (Fsp3) is 0.225. The molecule has 1 aliphatic heterocycles. The first-order valence-electron chi connectivity index (χ1n) is 16.4. The number of aromatic nitrogens is 2. The molecule has 49 heavy (non-hydrogen) atoms. The maximum Gasteiger partial charge on any atom is 0.271 e. The van der Waals surface area contributed by atoms with Gasteiger partial charge >= 0.3 is 0 Å². The number of amides is 1. The number of hydrogen-bond acceptors (Lipinski definition) is 5. The average Bonchev–Trinajstić information content (AvgIpc) is 3.56. The molecule has 3 heterocycles. The first kappa shape index (κ1) is 32.6. The Balaban J connectivity index is 1.48. The monoisotopic (exact) mass is 688 g/mol. The Morgan fingerprint density at radius 2 is 1.65 bits per heavy atom. The average molecular weight is 689 g/mol. The van der Waals surface area contributed by atoms with E-state index in [1.54, 1.807) is 16.6 Å². The normalized spacial score (nSPS) is 14.7. The summed E-state index contributed by atoms with van der Waals surface area (Å²) in [5.74, 6) is 0.473. The number of likely N-dealkylation sites (N-methyl/N-ethyl adjacent to an activating group) is 1. The number of methoxy groups -OCH3 is 1. The lowest BCUT2D eigenvalue weighted by Gasteiger charge is -2.30. The number of carbonyl (C=O) groups excluding carboxylic acids is 1. The van der Waals surface area contributed by atoms with Crippen molar-refractivity contribution in [3.05, 3.63) is 143 Å². The third-order valence-electron chi connectivity index (χ3n) is 9.54. The summed E-state index contributed by atoms with van der Waals surface area (Å²) in [6.45, 7) is 9.62. The first-order valence-corrected chi connectivity index (χ1v) is 17.6. The van der Waals surface area contributed by atoms with E-state index in [9.17, 15) is 9.59 Å². The van der Waals surface area contributed by atoms with Gasteiger partial charge in [-0.05, 0) is 74.4 Å². The van der Waals surface area contributed by atoms with E-state index >= 15 is 0 Å². The zero-order valence-electron chi connectivity index (χ0n) is 28.2. The van der Waals surface area contributed by atoms with E-state index in [1.807, 2.05) is 99.6 Å². The van der Waals surface area contributed by atoms with E-state index in [4.69, 9.17) is 21.3 Å². The highest BCUT2D eigenvalue weighted by molar-refractivity contribution is 7.07. The van der Waals surface area contributed by atoms with Gasteiger partial charge in [-0.2, -0.15) is 0 Å². The molecular formula is C40H37ClN4O3S. The van der Waals surface area contributed by atoms with Crippen LogP contribution < -0.4 is 19.6 Å². The number of benzene rings is 4. The van der Waals surface area contributed by atoms with Crippen molar-refractivity contribution in [2.24, 2.45) is 4.99 Å². The Hall–Kier alpha value is -4.92. The molecule has 0 unspecified atom stereocenters. The minimum Gasteiger partial charge on any atom is -0.496 e. The minimum absolute atomic E-state index is 0.137. The Kier molecular flexibility index (Phi) is 8.77. The zero-order valence-corrected chi connectivity index (χ0v) is 29.7. The molecule has 0 bridgehead atoms. The molecule has 7 nitrogen and oxygen atoms in total. The summed E-state index contributed by atoms with van der Waals surface area (Å²) < 4.78 is 10.5. The highest BCUT2D eigenvalue weighted by Gasteiger charge is 2.36. The number of para-hydroxylation sites is 1. The molecule has 4 aromatic carbocycles. The lowest BCUT2D eigenvalue weighted by Crippen LogP contribution is -2.43. The quantitative estimate of drug-likeness (QED) is 0.170. The number of carbonyl (C=O) groups is 1. The van der Waals surface area contributed by atoms with Crippen LogP contribution in [0.5, 0.6) is 5.75 Å². The summed E-state index contributed by atoms with van der Waals surface area (Å²) in [5, 5.41) is 3.67. The molecule has 1 amide bonds. The van der Waals surface area contributed by atoms with Crippen molar-refractivity contribution in [2.75, 3.05) is 20.2 Å². The molecule has 0 aliphatic carbocycles. The van der Waals surface area contributed by atoms with Crippen molar-refractivity contribution in [3.63, 3.8) is 0 Å². The smallest absolute Gasteiger partial charge is 0.271 e. The fourth-order valence-electron chi connectivity index (χ4n) is 7.03. The molecule has 248 valence electrons. The van der Waals surface area contributed by atoms with Crippen LogP contribution >= 0.6 is 22.9 Å². The Labute approximate surface area is 293 Å². The predicted molar refractivity (Wildman–Crippen MR) is 199 cm³/mol. The number of hydrogen-bond donors (Lipinski definition) is 0. The van der Waals surface area contributed by atoms with Crippen LogP contribution in [0.4, 0.5) is 0 Å². The molecule has 0 saturated carbocycles. The second kappa shape index (κ2) is 13.2. The van der Waals surface area contributed by atoms with Crippen molar-refractivity contribution in [1.82, 2.24) is 14.0 Å². The number of halogens is 1. The van der Waals surface area contributed by atoms with E-state index < -0.39 is 6.04 Å². The Morgan fingerprint density at radius 3 is 2.37 bits per heavy atom. The molecule has 1 atom stereocenters.